The van der Waals surface area contributed by atoms with Crippen molar-refractivity contribution in [2.45, 2.75) is 130 Å². The predicted molar refractivity (Wildman–Crippen MR) is 273 cm³/mol. The van der Waals surface area contributed by atoms with E-state index in [4.69, 9.17) is 19.4 Å². The Morgan fingerprint density at radius 2 is 1.86 bits per heavy atom. The van der Waals surface area contributed by atoms with Crippen LogP contribution in [-0.4, -0.2) is 141 Å². The molecular formula is C54H71N9O7S. The van der Waals surface area contributed by atoms with Crippen LogP contribution in [0.4, 0.5) is 0 Å². The molecule has 0 aliphatic carbocycles. The number of hydrogen-bond acceptors (Lipinski definition) is 12. The van der Waals surface area contributed by atoms with Crippen LogP contribution >= 0.6 is 11.3 Å². The summed E-state index contributed by atoms with van der Waals surface area (Å²) in [5.41, 5.74) is 7.96. The number of likely N-dealkylation sites (tertiary alicyclic amines) is 2. The van der Waals surface area contributed by atoms with E-state index >= 15 is 0 Å². The Labute approximate surface area is 422 Å². The van der Waals surface area contributed by atoms with Crippen LogP contribution in [0.15, 0.2) is 41.9 Å². The molecule has 4 aliphatic rings. The lowest BCUT2D eigenvalue weighted by Gasteiger charge is -2.36. The maximum atomic E-state index is 14.8. The van der Waals surface area contributed by atoms with Crippen molar-refractivity contribution >= 4 is 51.8 Å². The van der Waals surface area contributed by atoms with E-state index < -0.39 is 52.3 Å². The number of methoxy groups -OCH3 is 1. The third kappa shape index (κ3) is 10.4. The van der Waals surface area contributed by atoms with E-state index in [1.807, 2.05) is 65.1 Å². The van der Waals surface area contributed by atoms with E-state index in [1.54, 1.807) is 23.1 Å². The Morgan fingerprint density at radius 3 is 2.58 bits per heavy atom. The summed E-state index contributed by atoms with van der Waals surface area (Å²) in [6.07, 6.45) is 4.16. The van der Waals surface area contributed by atoms with Gasteiger partial charge in [-0.25, -0.2) is 10.4 Å². The summed E-state index contributed by atoms with van der Waals surface area (Å²) in [5, 5.41) is 8.19. The molecule has 2 N–H and O–H groups in total. The van der Waals surface area contributed by atoms with Crippen molar-refractivity contribution in [1.29, 1.82) is 0 Å². The summed E-state index contributed by atoms with van der Waals surface area (Å²) in [4.78, 5) is 86.5. The minimum atomic E-state index is -1.09. The summed E-state index contributed by atoms with van der Waals surface area (Å²) in [5.74, 6) is 3.76. The van der Waals surface area contributed by atoms with Gasteiger partial charge in [-0.15, -0.1) is 11.3 Å². The van der Waals surface area contributed by atoms with Crippen molar-refractivity contribution in [3.63, 3.8) is 0 Å². The minimum absolute atomic E-state index is 0.0769. The van der Waals surface area contributed by atoms with Gasteiger partial charge in [0.15, 0.2) is 0 Å². The molecule has 4 aliphatic heterocycles. The first-order chi connectivity index (χ1) is 33.7. The SMILES string of the molecule is CCn1c(-c2cccnc2[C@H](C)OC)c2c3cc(ccc31)-c1csc(n1)C[C@H](NC(=O)C(C(C)C)N1CC[C@]3(CCN(C(=O)C#CC(C)(C)N(C)C)C3)C1=O)C(=O)N1CCC[C@H](N1)C(=O)OCC(C)(C)C2. The third-order valence-electron chi connectivity index (χ3n) is 15.2. The maximum absolute atomic E-state index is 14.8. The molecule has 8 rings (SSSR count). The van der Waals surface area contributed by atoms with Gasteiger partial charge < -0.3 is 29.2 Å². The molecule has 7 heterocycles. The van der Waals surface area contributed by atoms with Crippen molar-refractivity contribution in [2.75, 3.05) is 54.0 Å². The van der Waals surface area contributed by atoms with E-state index in [9.17, 15) is 24.0 Å². The summed E-state index contributed by atoms with van der Waals surface area (Å²) in [7, 11) is 5.50. The average molecular weight is 990 g/mol. The average Bonchev–Trinajstić information content (AvgIpc) is 4.14. The molecule has 3 saturated heterocycles. The molecule has 16 nitrogen and oxygen atoms in total. The number of carbonyl (C=O) groups excluding carboxylic acids is 5. The van der Waals surface area contributed by atoms with Crippen molar-refractivity contribution in [1.82, 2.24) is 45.0 Å². The first kappa shape index (κ1) is 51.7. The highest BCUT2D eigenvalue weighted by molar-refractivity contribution is 7.10. The summed E-state index contributed by atoms with van der Waals surface area (Å²) < 4.78 is 14.3. The Morgan fingerprint density at radius 1 is 1.10 bits per heavy atom. The highest BCUT2D eigenvalue weighted by atomic mass is 32.1. The number of thiazole rings is 1. The molecule has 4 amide bonds. The van der Waals surface area contributed by atoms with Gasteiger partial charge in [0, 0.05) is 85.3 Å². The quantitative estimate of drug-likeness (QED) is 0.149. The second-order valence-corrected chi connectivity index (χ2v) is 22.6. The molecule has 0 saturated carbocycles. The van der Waals surface area contributed by atoms with Gasteiger partial charge >= 0.3 is 5.97 Å². The molecular weight excluding hydrogens is 919 g/mol. The monoisotopic (exact) mass is 990 g/mol. The third-order valence-corrected chi connectivity index (χ3v) is 16.0. The van der Waals surface area contributed by atoms with Gasteiger partial charge in [0.25, 0.3) is 11.8 Å². The predicted octanol–water partition coefficient (Wildman–Crippen LogP) is 6.02. The van der Waals surface area contributed by atoms with Crippen LogP contribution in [0.5, 0.6) is 0 Å². The molecule has 1 spiro atoms. The summed E-state index contributed by atoms with van der Waals surface area (Å²) >= 11 is 1.41. The number of hydrogen-bond donors (Lipinski definition) is 2. The van der Waals surface area contributed by atoms with E-state index in [-0.39, 0.29) is 43.4 Å². The van der Waals surface area contributed by atoms with Gasteiger partial charge in [0.2, 0.25) is 11.8 Å². The smallest absolute Gasteiger partial charge is 0.324 e. The highest BCUT2D eigenvalue weighted by Gasteiger charge is 2.54. The number of esters is 1. The van der Waals surface area contributed by atoms with Crippen LogP contribution in [0.3, 0.4) is 0 Å². The molecule has 17 heteroatoms. The molecule has 5 atom stereocenters. The second kappa shape index (κ2) is 20.4. The number of cyclic esters (lactones) is 1. The number of pyridine rings is 1. The number of nitrogens with zero attached hydrogens (tertiary/aromatic N) is 7. The minimum Gasteiger partial charge on any atom is -0.464 e. The number of fused-ring (bicyclic) bond motifs is 6. The highest BCUT2D eigenvalue weighted by Crippen LogP contribution is 2.44. The lowest BCUT2D eigenvalue weighted by molar-refractivity contribution is -0.155. The van der Waals surface area contributed by atoms with Crippen molar-refractivity contribution in [3.05, 3.63) is 58.2 Å². The van der Waals surface area contributed by atoms with Gasteiger partial charge in [-0.2, -0.15) is 0 Å². The van der Waals surface area contributed by atoms with Crippen LogP contribution in [0.2, 0.25) is 0 Å². The molecule has 380 valence electrons. The zero-order valence-corrected chi connectivity index (χ0v) is 44.1. The van der Waals surface area contributed by atoms with Crippen molar-refractivity contribution < 1.29 is 33.4 Å². The Kier molecular flexibility index (Phi) is 14.9. The van der Waals surface area contributed by atoms with Gasteiger partial charge in [-0.1, -0.05) is 39.7 Å². The maximum Gasteiger partial charge on any atom is 0.324 e. The van der Waals surface area contributed by atoms with E-state index in [0.717, 1.165) is 44.7 Å². The Bertz CT molecular complexity index is 2770. The van der Waals surface area contributed by atoms with E-state index in [1.165, 1.54) is 16.3 Å². The topological polar surface area (TPSA) is 172 Å². The summed E-state index contributed by atoms with van der Waals surface area (Å²) in [6, 6.07) is 7.67. The molecule has 1 unspecified atom stereocenters. The van der Waals surface area contributed by atoms with Gasteiger partial charge in [-0.3, -0.25) is 38.9 Å². The van der Waals surface area contributed by atoms with E-state index in [2.05, 4.69) is 72.2 Å². The summed E-state index contributed by atoms with van der Waals surface area (Å²) in [6.45, 7) is 18.1. The Hall–Kier alpha value is -5.67. The molecule has 3 aromatic heterocycles. The standard InChI is InChI=1S/C54H71N9O7S/c1-12-61-42-18-17-35-27-37(42)38(47(61)36-15-13-23-55-45(36)34(4)69-11)29-52(5,6)32-70-50(67)39-16-14-24-63(58-39)49(66)40(28-43-56-41(35)30-71-43)57-48(65)46(33(2)3)62-26-22-54(51(62)68)21-25-60(31-54)44(64)19-20-53(7,8)59(9)10/h13,15,17-18,23,27,30,33-34,39-40,46,58H,12,14,16,21-22,24-26,28-29,31-32H2,1-11H3,(H,57,65)/t34-,39-,40-,46?,54-/m0/s1. The van der Waals surface area contributed by atoms with Gasteiger partial charge in [0.1, 0.15) is 18.1 Å². The van der Waals surface area contributed by atoms with Gasteiger partial charge in [-0.05, 0) is 116 Å². The normalized spacial score (nSPS) is 22.7. The fourth-order valence-electron chi connectivity index (χ4n) is 10.6. The van der Waals surface area contributed by atoms with Crippen LogP contribution in [0.25, 0.3) is 33.4 Å². The second-order valence-electron chi connectivity index (χ2n) is 21.7. The Balaban J connectivity index is 1.12. The van der Waals surface area contributed by atoms with Crippen molar-refractivity contribution in [3.8, 4) is 34.4 Å². The van der Waals surface area contributed by atoms with Crippen LogP contribution in [0.1, 0.15) is 103 Å². The first-order valence-electron chi connectivity index (χ1n) is 25.1. The number of aromatic nitrogens is 3. The number of nitrogens with one attached hydrogen (secondary N) is 2. The van der Waals surface area contributed by atoms with Crippen molar-refractivity contribution in [2.24, 2.45) is 16.7 Å². The number of carbonyl (C=O) groups is 5. The number of aryl methyl sites for hydroxylation is 1. The first-order valence-corrected chi connectivity index (χ1v) is 26.0. The number of benzene rings is 1. The zero-order valence-electron chi connectivity index (χ0n) is 43.3. The molecule has 71 heavy (non-hydrogen) atoms. The number of amides is 4. The fraction of sp³-hybridized carbons (Fsp3) is 0.574. The molecule has 6 bridgehead atoms. The molecule has 1 aromatic carbocycles. The van der Waals surface area contributed by atoms with Gasteiger partial charge in [0.05, 0.1) is 45.8 Å². The van der Waals surface area contributed by atoms with E-state index in [0.29, 0.717) is 63.3 Å². The molecule has 3 fully saturated rings. The largest absolute Gasteiger partial charge is 0.464 e. The molecule has 0 radical (unpaired) electrons. The lowest BCUT2D eigenvalue weighted by Crippen LogP contribution is -2.62. The molecule has 4 aromatic rings. The number of rotatable bonds is 9. The number of ether oxygens (including phenoxy) is 2. The lowest BCUT2D eigenvalue weighted by atomic mass is 9.84. The number of hydrazine groups is 1. The van der Waals surface area contributed by atoms with Crippen LogP contribution in [0, 0.1) is 28.6 Å². The fourth-order valence-corrected chi connectivity index (χ4v) is 11.4. The zero-order chi connectivity index (χ0) is 51.2. The van der Waals surface area contributed by atoms with Crippen LogP contribution in [-0.2, 0) is 52.8 Å². The van der Waals surface area contributed by atoms with Crippen LogP contribution < -0.4 is 10.7 Å².